The molecule has 8 heteroatoms. The summed E-state index contributed by atoms with van der Waals surface area (Å²) >= 11 is 0. The Hall–Kier alpha value is -2.71. The first-order valence-electron chi connectivity index (χ1n) is 12.8. The molecule has 36 heavy (non-hydrogen) atoms. The van der Waals surface area contributed by atoms with E-state index in [1.165, 1.54) is 38.9 Å². The molecule has 0 N–H and O–H groups in total. The summed E-state index contributed by atoms with van der Waals surface area (Å²) in [5, 5.41) is 0. The minimum atomic E-state index is -3.36. The van der Waals surface area contributed by atoms with Crippen LogP contribution in [-0.2, 0) is 24.2 Å². The molecule has 2 aromatic carbocycles. The van der Waals surface area contributed by atoms with E-state index in [4.69, 9.17) is 4.74 Å². The van der Waals surface area contributed by atoms with Crippen molar-refractivity contribution in [2.75, 3.05) is 29.2 Å². The van der Waals surface area contributed by atoms with E-state index < -0.39 is 15.9 Å². The number of anilines is 2. The zero-order valence-corrected chi connectivity index (χ0v) is 22.0. The van der Waals surface area contributed by atoms with Gasteiger partial charge >= 0.3 is 0 Å². The normalized spacial score (nSPS) is 24.7. The summed E-state index contributed by atoms with van der Waals surface area (Å²) in [6.07, 6.45) is 6.44. The molecule has 0 spiro atoms. The molecule has 0 aromatic heterocycles. The van der Waals surface area contributed by atoms with Crippen LogP contribution >= 0.6 is 0 Å². The molecule has 2 amide bonds. The monoisotopic (exact) mass is 510 g/mol. The Morgan fingerprint density at radius 1 is 0.972 bits per heavy atom. The number of carbonyl (C=O) groups excluding carboxylic acids is 2. The van der Waals surface area contributed by atoms with Crippen molar-refractivity contribution >= 4 is 33.0 Å². The lowest BCUT2D eigenvalue weighted by molar-refractivity contribution is -0.127. The molecule has 192 valence electrons. The third-order valence-corrected chi connectivity index (χ3v) is 9.09. The number of fused-ring (bicyclic) bond motifs is 1. The number of hydrogen-bond donors (Lipinski definition) is 0. The summed E-state index contributed by atoms with van der Waals surface area (Å²) in [4.78, 5) is 30.1. The van der Waals surface area contributed by atoms with Crippen LogP contribution < -0.4 is 9.80 Å². The van der Waals surface area contributed by atoms with Crippen molar-refractivity contribution in [2.24, 2.45) is 11.8 Å². The first-order valence-corrected chi connectivity index (χ1v) is 14.7. The Labute approximate surface area is 213 Å². The van der Waals surface area contributed by atoms with Crippen molar-refractivity contribution < 1.29 is 22.7 Å². The number of ether oxygens (including phenoxy) is 1. The first-order chi connectivity index (χ1) is 17.1. The minimum absolute atomic E-state index is 0.0613. The molecule has 1 aliphatic carbocycles. The number of rotatable bonds is 4. The van der Waals surface area contributed by atoms with Gasteiger partial charge in [0, 0.05) is 19.7 Å². The van der Waals surface area contributed by atoms with Gasteiger partial charge in [0.25, 0.3) is 5.91 Å². The lowest BCUT2D eigenvalue weighted by Gasteiger charge is -2.41. The molecule has 0 bridgehead atoms. The van der Waals surface area contributed by atoms with Gasteiger partial charge in [-0.15, -0.1) is 0 Å². The first kappa shape index (κ1) is 25.0. The highest BCUT2D eigenvalue weighted by Crippen LogP contribution is 2.42. The van der Waals surface area contributed by atoms with Crippen LogP contribution in [-0.4, -0.2) is 51.8 Å². The van der Waals surface area contributed by atoms with Gasteiger partial charge in [-0.25, -0.2) is 8.42 Å². The number of hydrogen-bond acceptors (Lipinski definition) is 5. The maximum atomic E-state index is 13.8. The molecule has 5 rings (SSSR count). The fourth-order valence-corrected chi connectivity index (χ4v) is 6.82. The van der Waals surface area contributed by atoms with E-state index in [1.807, 2.05) is 31.2 Å². The van der Waals surface area contributed by atoms with Crippen molar-refractivity contribution in [2.45, 2.75) is 63.0 Å². The highest BCUT2D eigenvalue weighted by Gasteiger charge is 2.41. The average molecular weight is 511 g/mol. The summed E-state index contributed by atoms with van der Waals surface area (Å²) < 4.78 is 30.3. The second kappa shape index (κ2) is 9.63. The Morgan fingerprint density at radius 2 is 1.69 bits per heavy atom. The molecule has 2 fully saturated rings. The quantitative estimate of drug-likeness (QED) is 0.607. The van der Waals surface area contributed by atoms with E-state index in [2.05, 4.69) is 0 Å². The lowest BCUT2D eigenvalue weighted by Crippen LogP contribution is -2.53. The van der Waals surface area contributed by atoms with Crippen LogP contribution in [0.2, 0.25) is 0 Å². The van der Waals surface area contributed by atoms with Crippen LogP contribution in [0.15, 0.2) is 47.4 Å². The van der Waals surface area contributed by atoms with Gasteiger partial charge in [0.1, 0.15) is 6.10 Å². The molecule has 3 aliphatic rings. The summed E-state index contributed by atoms with van der Waals surface area (Å²) in [6, 6.07) is 12.2. The minimum Gasteiger partial charge on any atom is -0.368 e. The molecular weight excluding hydrogens is 476 g/mol. The maximum Gasteiger partial charge on any atom is 0.256 e. The maximum absolute atomic E-state index is 13.8. The highest BCUT2D eigenvalue weighted by molar-refractivity contribution is 7.90. The lowest BCUT2D eigenvalue weighted by atomic mass is 9.88. The number of nitrogens with zero attached hydrogens (tertiary/aromatic N) is 2. The number of amides is 2. The molecule has 2 aromatic rings. The fraction of sp³-hybridized carbons (Fsp3) is 0.500. The van der Waals surface area contributed by atoms with E-state index >= 15 is 0 Å². The van der Waals surface area contributed by atoms with E-state index in [9.17, 15) is 18.0 Å². The second-order valence-corrected chi connectivity index (χ2v) is 12.6. The number of carbonyl (C=O) groups is 2. The third-order valence-electron chi connectivity index (χ3n) is 7.98. The summed E-state index contributed by atoms with van der Waals surface area (Å²) in [7, 11) is -3.36. The predicted molar refractivity (Wildman–Crippen MR) is 140 cm³/mol. The Kier molecular flexibility index (Phi) is 6.68. The van der Waals surface area contributed by atoms with Gasteiger partial charge in [-0.2, -0.15) is 0 Å². The number of sulfone groups is 1. The largest absolute Gasteiger partial charge is 0.368 e. The number of benzene rings is 2. The van der Waals surface area contributed by atoms with Crippen molar-refractivity contribution in [3.63, 3.8) is 0 Å². The Balaban J connectivity index is 1.50. The predicted octanol–water partition coefficient (Wildman–Crippen LogP) is 4.44. The molecule has 1 saturated heterocycles. The van der Waals surface area contributed by atoms with E-state index in [-0.39, 0.29) is 22.8 Å². The summed E-state index contributed by atoms with van der Waals surface area (Å²) in [6.45, 7) is 4.50. The van der Waals surface area contributed by atoms with Crippen LogP contribution in [0.5, 0.6) is 0 Å². The highest BCUT2D eigenvalue weighted by atomic mass is 32.2. The Bertz CT molecular complexity index is 1280. The van der Waals surface area contributed by atoms with Crippen LogP contribution in [0.1, 0.15) is 46.0 Å². The average Bonchev–Trinajstić information content (AvgIpc) is 3.54. The van der Waals surface area contributed by atoms with Crippen molar-refractivity contribution in [3.05, 3.63) is 42.5 Å². The Morgan fingerprint density at radius 3 is 2.39 bits per heavy atom. The van der Waals surface area contributed by atoms with E-state index in [0.29, 0.717) is 36.4 Å². The van der Waals surface area contributed by atoms with E-state index in [1.54, 1.807) is 28.0 Å². The van der Waals surface area contributed by atoms with Crippen LogP contribution in [0, 0.1) is 11.8 Å². The van der Waals surface area contributed by atoms with Gasteiger partial charge < -0.3 is 14.5 Å². The molecule has 7 nitrogen and oxygen atoms in total. The van der Waals surface area contributed by atoms with Crippen LogP contribution in [0.25, 0.3) is 11.1 Å². The van der Waals surface area contributed by atoms with Gasteiger partial charge in [0.2, 0.25) is 5.91 Å². The van der Waals surface area contributed by atoms with Crippen molar-refractivity contribution in [1.82, 2.24) is 0 Å². The zero-order chi connectivity index (χ0) is 25.6. The summed E-state index contributed by atoms with van der Waals surface area (Å²) in [5.41, 5.74) is 2.86. The third kappa shape index (κ3) is 4.68. The van der Waals surface area contributed by atoms with Gasteiger partial charge in [-0.05, 0) is 60.6 Å². The molecule has 2 unspecified atom stereocenters. The van der Waals surface area contributed by atoms with Gasteiger partial charge in [-0.1, -0.05) is 43.9 Å². The molecule has 0 radical (unpaired) electrons. The molecule has 2 heterocycles. The SMILES string of the molecule is CC(=O)N1c2ccc(-c3cccc(S(C)(=O)=O)c3)cc2N(C(=O)C2CC(C3CCCC3)CO2)C[C@@H]1C. The standard InChI is InChI=1S/C28H34N2O5S/c1-18-16-29(28(32)27-15-23(17-35-27)20-7-4-5-8-20)26-14-22(11-12-25(26)30(18)19(2)31)21-9-6-10-24(13-21)36(3,33)34/h6,9-14,18,20,23,27H,4-5,7-8,15-17H2,1-3H3/t18-,23?,27?/m0/s1. The van der Waals surface area contributed by atoms with Gasteiger partial charge in [0.15, 0.2) is 9.84 Å². The molecule has 1 saturated carbocycles. The van der Waals surface area contributed by atoms with Crippen molar-refractivity contribution in [1.29, 1.82) is 0 Å². The van der Waals surface area contributed by atoms with Crippen LogP contribution in [0.3, 0.4) is 0 Å². The van der Waals surface area contributed by atoms with Crippen LogP contribution in [0.4, 0.5) is 11.4 Å². The molecule has 3 atom stereocenters. The van der Waals surface area contributed by atoms with E-state index in [0.717, 1.165) is 17.5 Å². The zero-order valence-electron chi connectivity index (χ0n) is 21.1. The molecular formula is C28H34N2O5S. The fourth-order valence-electron chi connectivity index (χ4n) is 6.15. The summed E-state index contributed by atoms with van der Waals surface area (Å²) in [5.74, 6) is 0.939. The smallest absolute Gasteiger partial charge is 0.256 e. The molecule has 2 aliphatic heterocycles. The second-order valence-electron chi connectivity index (χ2n) is 10.6. The van der Waals surface area contributed by atoms with Gasteiger partial charge in [0.05, 0.1) is 28.9 Å². The van der Waals surface area contributed by atoms with Gasteiger partial charge in [-0.3, -0.25) is 9.59 Å². The topological polar surface area (TPSA) is 84.0 Å². The van der Waals surface area contributed by atoms with Crippen molar-refractivity contribution in [3.8, 4) is 11.1 Å².